The lowest BCUT2D eigenvalue weighted by molar-refractivity contribution is 0.359. The average molecular weight is 314 g/mol. The second-order valence-electron chi connectivity index (χ2n) is 5.19. The summed E-state index contributed by atoms with van der Waals surface area (Å²) in [4.78, 5) is 0.101. The molecule has 1 aromatic carbocycles. The van der Waals surface area contributed by atoms with Crippen molar-refractivity contribution in [2.24, 2.45) is 5.73 Å². The molecule has 0 heterocycles. The summed E-state index contributed by atoms with van der Waals surface area (Å²) in [5.41, 5.74) is 6.00. The van der Waals surface area contributed by atoms with Gasteiger partial charge in [0.15, 0.2) is 0 Å². The van der Waals surface area contributed by atoms with Crippen LogP contribution in [0, 0.1) is 0 Å². The van der Waals surface area contributed by atoms with Gasteiger partial charge in [-0.15, -0.1) is 0 Å². The van der Waals surface area contributed by atoms with Crippen molar-refractivity contribution in [2.45, 2.75) is 42.7 Å². The third-order valence-electron chi connectivity index (χ3n) is 3.79. The topological polar surface area (TPSA) is 90.7 Å². The fraction of sp³-hybridized carbons (Fsp3) is 0.571. The van der Waals surface area contributed by atoms with Crippen LogP contribution in [-0.4, -0.2) is 34.7 Å². The Bertz CT molecular complexity index is 589. The van der Waals surface area contributed by atoms with E-state index in [-0.39, 0.29) is 22.7 Å². The summed E-state index contributed by atoms with van der Waals surface area (Å²) in [6.07, 6.45) is 3.64. The number of nitrogens with one attached hydrogen (secondary N) is 1. The molecule has 0 aromatic heterocycles. The van der Waals surface area contributed by atoms with E-state index in [9.17, 15) is 8.42 Å². The van der Waals surface area contributed by atoms with E-state index in [1.54, 1.807) is 12.1 Å². The third kappa shape index (κ3) is 3.66. The molecule has 0 aliphatic heterocycles. The predicted octanol–water partition coefficient (Wildman–Crippen LogP) is 1.25. The first-order valence-electron chi connectivity index (χ1n) is 6.98. The Kier molecular flexibility index (Phi) is 5.08. The molecule has 0 radical (unpaired) electrons. The summed E-state index contributed by atoms with van der Waals surface area (Å²) in [5, 5.41) is 0. The van der Waals surface area contributed by atoms with E-state index in [4.69, 9.17) is 15.2 Å². The molecule has 0 saturated heterocycles. The first-order valence-corrected chi connectivity index (χ1v) is 8.46. The Balaban J connectivity index is 2.26. The number of sulfonamides is 1. The fourth-order valence-corrected chi connectivity index (χ4v) is 4.04. The van der Waals surface area contributed by atoms with Crippen LogP contribution in [0.3, 0.4) is 0 Å². The van der Waals surface area contributed by atoms with Gasteiger partial charge in [-0.05, 0) is 25.0 Å². The minimum Gasteiger partial charge on any atom is -0.497 e. The Morgan fingerprint density at radius 1 is 1.19 bits per heavy atom. The molecule has 21 heavy (non-hydrogen) atoms. The molecule has 1 aliphatic rings. The molecule has 0 bridgehead atoms. The van der Waals surface area contributed by atoms with Crippen molar-refractivity contribution in [2.75, 3.05) is 14.2 Å². The Morgan fingerprint density at radius 3 is 2.52 bits per heavy atom. The Labute approximate surface area is 125 Å². The van der Waals surface area contributed by atoms with Gasteiger partial charge in [0, 0.05) is 18.2 Å². The summed E-state index contributed by atoms with van der Waals surface area (Å²) in [6, 6.07) is 4.26. The first-order chi connectivity index (χ1) is 9.97. The number of rotatable bonds is 5. The monoisotopic (exact) mass is 314 g/mol. The van der Waals surface area contributed by atoms with Gasteiger partial charge in [-0.3, -0.25) is 0 Å². The molecule has 6 nitrogen and oxygen atoms in total. The van der Waals surface area contributed by atoms with E-state index >= 15 is 0 Å². The number of hydrogen-bond donors (Lipinski definition) is 2. The van der Waals surface area contributed by atoms with Gasteiger partial charge in [-0.1, -0.05) is 12.8 Å². The van der Waals surface area contributed by atoms with E-state index in [1.165, 1.54) is 20.3 Å². The highest BCUT2D eigenvalue weighted by Crippen LogP contribution is 2.29. The molecule has 0 spiro atoms. The van der Waals surface area contributed by atoms with E-state index in [1.807, 2.05) is 0 Å². The van der Waals surface area contributed by atoms with Gasteiger partial charge in [0.1, 0.15) is 16.4 Å². The summed E-state index contributed by atoms with van der Waals surface area (Å²) < 4.78 is 38.0. The molecule has 3 N–H and O–H groups in total. The molecular weight excluding hydrogens is 292 g/mol. The van der Waals surface area contributed by atoms with Crippen molar-refractivity contribution in [1.29, 1.82) is 0 Å². The van der Waals surface area contributed by atoms with Crippen LogP contribution >= 0.6 is 0 Å². The van der Waals surface area contributed by atoms with Crippen LogP contribution in [0.25, 0.3) is 0 Å². The number of hydrogen-bond acceptors (Lipinski definition) is 5. The number of benzene rings is 1. The second kappa shape index (κ2) is 6.64. The van der Waals surface area contributed by atoms with Crippen LogP contribution in [0.15, 0.2) is 23.1 Å². The van der Waals surface area contributed by atoms with Crippen molar-refractivity contribution in [3.05, 3.63) is 18.2 Å². The van der Waals surface area contributed by atoms with Crippen molar-refractivity contribution in [3.8, 4) is 11.5 Å². The lowest BCUT2D eigenvalue weighted by Crippen LogP contribution is -2.49. The molecular formula is C14H22N2O4S. The van der Waals surface area contributed by atoms with Crippen LogP contribution in [0.1, 0.15) is 25.7 Å². The lowest BCUT2D eigenvalue weighted by Gasteiger charge is -2.29. The van der Waals surface area contributed by atoms with E-state index in [0.717, 1.165) is 25.7 Å². The largest absolute Gasteiger partial charge is 0.497 e. The summed E-state index contributed by atoms with van der Waals surface area (Å²) in [5.74, 6) is 0.798. The summed E-state index contributed by atoms with van der Waals surface area (Å²) in [7, 11) is -0.724. The summed E-state index contributed by atoms with van der Waals surface area (Å²) in [6.45, 7) is 0. The Morgan fingerprint density at radius 2 is 1.90 bits per heavy atom. The van der Waals surface area contributed by atoms with Gasteiger partial charge < -0.3 is 15.2 Å². The predicted molar refractivity (Wildman–Crippen MR) is 80.1 cm³/mol. The molecule has 2 unspecified atom stereocenters. The minimum absolute atomic E-state index is 0.101. The molecule has 1 aromatic rings. The van der Waals surface area contributed by atoms with Crippen molar-refractivity contribution in [3.63, 3.8) is 0 Å². The highest BCUT2D eigenvalue weighted by Gasteiger charge is 2.29. The molecule has 1 aliphatic carbocycles. The van der Waals surface area contributed by atoms with Gasteiger partial charge in [-0.2, -0.15) is 0 Å². The smallest absolute Gasteiger partial charge is 0.244 e. The fourth-order valence-electron chi connectivity index (χ4n) is 2.57. The minimum atomic E-state index is -3.67. The van der Waals surface area contributed by atoms with Crippen LogP contribution in [0.4, 0.5) is 0 Å². The number of methoxy groups -OCH3 is 2. The SMILES string of the molecule is COc1ccc(S(=O)(=O)NC2CCCCC2N)c(OC)c1. The lowest BCUT2D eigenvalue weighted by atomic mass is 9.92. The zero-order valence-electron chi connectivity index (χ0n) is 12.3. The maximum absolute atomic E-state index is 12.5. The van der Waals surface area contributed by atoms with Crippen LogP contribution < -0.4 is 19.9 Å². The zero-order chi connectivity index (χ0) is 15.5. The highest BCUT2D eigenvalue weighted by molar-refractivity contribution is 7.89. The van der Waals surface area contributed by atoms with Gasteiger partial charge in [0.2, 0.25) is 10.0 Å². The molecule has 0 amide bonds. The number of nitrogens with two attached hydrogens (primary N) is 1. The van der Waals surface area contributed by atoms with Gasteiger partial charge in [0.05, 0.1) is 14.2 Å². The molecule has 118 valence electrons. The molecule has 1 fully saturated rings. The highest BCUT2D eigenvalue weighted by atomic mass is 32.2. The van der Waals surface area contributed by atoms with Gasteiger partial charge in [0.25, 0.3) is 0 Å². The van der Waals surface area contributed by atoms with Crippen molar-refractivity contribution >= 4 is 10.0 Å². The standard InChI is InChI=1S/C14H22N2O4S/c1-19-10-7-8-14(13(9-10)20-2)21(17,18)16-12-6-4-3-5-11(12)15/h7-9,11-12,16H,3-6,15H2,1-2H3. The average Bonchev–Trinajstić information content (AvgIpc) is 2.48. The van der Waals surface area contributed by atoms with Crippen LogP contribution in [0.5, 0.6) is 11.5 Å². The summed E-state index contributed by atoms with van der Waals surface area (Å²) >= 11 is 0. The van der Waals surface area contributed by atoms with Crippen molar-refractivity contribution < 1.29 is 17.9 Å². The maximum Gasteiger partial charge on any atom is 0.244 e. The Hall–Kier alpha value is -1.31. The molecule has 1 saturated carbocycles. The normalized spacial score (nSPS) is 22.8. The quantitative estimate of drug-likeness (QED) is 0.853. The third-order valence-corrected chi connectivity index (χ3v) is 5.32. The van der Waals surface area contributed by atoms with Gasteiger partial charge >= 0.3 is 0 Å². The van der Waals surface area contributed by atoms with E-state index in [0.29, 0.717) is 5.75 Å². The van der Waals surface area contributed by atoms with Crippen LogP contribution in [-0.2, 0) is 10.0 Å². The van der Waals surface area contributed by atoms with Crippen LogP contribution in [0.2, 0.25) is 0 Å². The van der Waals surface area contributed by atoms with Crippen molar-refractivity contribution in [1.82, 2.24) is 4.72 Å². The molecule has 2 atom stereocenters. The first kappa shape index (κ1) is 16.1. The maximum atomic E-state index is 12.5. The zero-order valence-corrected chi connectivity index (χ0v) is 13.2. The molecule has 7 heteroatoms. The van der Waals surface area contributed by atoms with E-state index in [2.05, 4.69) is 4.72 Å². The van der Waals surface area contributed by atoms with Gasteiger partial charge in [-0.25, -0.2) is 13.1 Å². The second-order valence-corrected chi connectivity index (χ2v) is 6.88. The molecule has 2 rings (SSSR count). The number of ether oxygens (including phenoxy) is 2. The van der Waals surface area contributed by atoms with E-state index < -0.39 is 10.0 Å².